The molecule has 0 aromatic rings. The first-order valence-electron chi connectivity index (χ1n) is 4.42. The lowest BCUT2D eigenvalue weighted by atomic mass is 10.1. The van der Waals surface area contributed by atoms with Crippen molar-refractivity contribution < 1.29 is 0 Å². The summed E-state index contributed by atoms with van der Waals surface area (Å²) in [6, 6.07) is 0. The van der Waals surface area contributed by atoms with Crippen molar-refractivity contribution in [3.63, 3.8) is 0 Å². The van der Waals surface area contributed by atoms with Crippen molar-refractivity contribution in [1.82, 2.24) is 9.80 Å². The van der Waals surface area contributed by atoms with Crippen molar-refractivity contribution in [2.75, 3.05) is 27.2 Å². The Kier molecular flexibility index (Phi) is 2.31. The second kappa shape index (κ2) is 2.96. The average Bonchev–Trinajstić information content (AvgIpc) is 2.29. The van der Waals surface area contributed by atoms with Gasteiger partial charge < -0.3 is 9.80 Å². The van der Waals surface area contributed by atoms with Gasteiger partial charge in [-0.15, -0.1) is 0 Å². The van der Waals surface area contributed by atoms with Crippen LogP contribution < -0.4 is 0 Å². The molecule has 70 valence electrons. The highest BCUT2D eigenvalue weighted by Crippen LogP contribution is 2.19. The number of guanidine groups is 1. The van der Waals surface area contributed by atoms with Crippen LogP contribution in [-0.4, -0.2) is 48.5 Å². The maximum Gasteiger partial charge on any atom is 0.196 e. The zero-order valence-corrected chi connectivity index (χ0v) is 8.76. The van der Waals surface area contributed by atoms with Gasteiger partial charge in [-0.1, -0.05) is 0 Å². The van der Waals surface area contributed by atoms with Crippen LogP contribution in [0.2, 0.25) is 0 Å². The lowest BCUT2D eigenvalue weighted by Gasteiger charge is -2.33. The molecule has 0 amide bonds. The summed E-state index contributed by atoms with van der Waals surface area (Å²) < 4.78 is 0. The molecule has 0 spiro atoms. The molecule has 1 fully saturated rings. The molecule has 0 bridgehead atoms. The van der Waals surface area contributed by atoms with Crippen LogP contribution in [-0.2, 0) is 0 Å². The largest absolute Gasteiger partial charge is 0.344 e. The third kappa shape index (κ3) is 1.54. The summed E-state index contributed by atoms with van der Waals surface area (Å²) in [6.07, 6.45) is 0. The molecule has 1 saturated heterocycles. The predicted octanol–water partition coefficient (Wildman–Crippen LogP) is 1.02. The molecule has 1 aliphatic rings. The Hall–Kier alpha value is -0.730. The van der Waals surface area contributed by atoms with E-state index in [1.165, 1.54) is 0 Å². The van der Waals surface area contributed by atoms with Crippen molar-refractivity contribution in [1.29, 1.82) is 0 Å². The van der Waals surface area contributed by atoms with Gasteiger partial charge in [0.15, 0.2) is 5.96 Å². The fourth-order valence-corrected chi connectivity index (χ4v) is 1.58. The summed E-state index contributed by atoms with van der Waals surface area (Å²) in [5, 5.41) is 0. The molecular weight excluding hydrogens is 150 g/mol. The van der Waals surface area contributed by atoms with E-state index in [9.17, 15) is 0 Å². The summed E-state index contributed by atoms with van der Waals surface area (Å²) in [6.45, 7) is 8.84. The van der Waals surface area contributed by atoms with Gasteiger partial charge >= 0.3 is 0 Å². The maximum atomic E-state index is 4.28. The molecule has 0 radical (unpaired) electrons. The van der Waals surface area contributed by atoms with Crippen LogP contribution in [0, 0.1) is 0 Å². The van der Waals surface area contributed by atoms with Crippen molar-refractivity contribution in [2.24, 2.45) is 4.99 Å². The van der Waals surface area contributed by atoms with Gasteiger partial charge in [-0.3, -0.25) is 4.99 Å². The van der Waals surface area contributed by atoms with Gasteiger partial charge in [0.05, 0.1) is 0 Å². The van der Waals surface area contributed by atoms with E-state index >= 15 is 0 Å². The number of hydrogen-bond donors (Lipinski definition) is 0. The van der Waals surface area contributed by atoms with Crippen molar-refractivity contribution >= 4 is 5.96 Å². The normalized spacial score (nSPS) is 22.6. The smallest absolute Gasteiger partial charge is 0.196 e. The molecule has 0 N–H and O–H groups in total. The Morgan fingerprint density at radius 1 is 1.25 bits per heavy atom. The molecule has 0 atom stereocenters. The fourth-order valence-electron chi connectivity index (χ4n) is 1.58. The Labute approximate surface area is 75.1 Å². The predicted molar refractivity (Wildman–Crippen MR) is 52.4 cm³/mol. The molecule has 0 unspecified atom stereocenters. The average molecular weight is 169 g/mol. The van der Waals surface area contributed by atoms with Crippen LogP contribution in [0.4, 0.5) is 0 Å². The van der Waals surface area contributed by atoms with E-state index in [1.807, 2.05) is 7.05 Å². The first-order valence-corrected chi connectivity index (χ1v) is 4.42. The summed E-state index contributed by atoms with van der Waals surface area (Å²) in [5.74, 6) is 1.11. The highest BCUT2D eigenvalue weighted by molar-refractivity contribution is 5.82. The van der Waals surface area contributed by atoms with Crippen LogP contribution in [0.5, 0.6) is 0 Å². The number of rotatable bonds is 0. The third-order valence-corrected chi connectivity index (χ3v) is 2.25. The molecule has 3 nitrogen and oxygen atoms in total. The lowest BCUT2D eigenvalue weighted by Crippen LogP contribution is -2.44. The molecule has 0 aromatic carbocycles. The van der Waals surface area contributed by atoms with E-state index in [2.05, 4.69) is 42.6 Å². The van der Waals surface area contributed by atoms with Crippen LogP contribution in [0.1, 0.15) is 20.8 Å². The number of aliphatic imine (C=N–C) groups is 1. The maximum absolute atomic E-state index is 4.28. The van der Waals surface area contributed by atoms with E-state index in [-0.39, 0.29) is 5.54 Å². The van der Waals surface area contributed by atoms with Crippen molar-refractivity contribution in [2.45, 2.75) is 26.3 Å². The molecule has 12 heavy (non-hydrogen) atoms. The lowest BCUT2D eigenvalue weighted by molar-refractivity contribution is 0.258. The SMILES string of the molecule is CN=C1N(C)CCN1C(C)(C)C. The molecule has 0 aliphatic carbocycles. The highest BCUT2D eigenvalue weighted by atomic mass is 15.4. The van der Waals surface area contributed by atoms with Gasteiger partial charge in [0.1, 0.15) is 0 Å². The van der Waals surface area contributed by atoms with Crippen LogP contribution in [0.25, 0.3) is 0 Å². The van der Waals surface area contributed by atoms with Crippen molar-refractivity contribution in [3.05, 3.63) is 0 Å². The Balaban J connectivity index is 2.81. The fraction of sp³-hybridized carbons (Fsp3) is 0.889. The monoisotopic (exact) mass is 169 g/mol. The van der Waals surface area contributed by atoms with Crippen molar-refractivity contribution in [3.8, 4) is 0 Å². The minimum atomic E-state index is 0.194. The Morgan fingerprint density at radius 2 is 1.83 bits per heavy atom. The van der Waals surface area contributed by atoms with Gasteiger partial charge in [-0.05, 0) is 20.8 Å². The second-order valence-electron chi connectivity index (χ2n) is 4.27. The topological polar surface area (TPSA) is 18.8 Å². The van der Waals surface area contributed by atoms with E-state index in [0.29, 0.717) is 0 Å². The minimum Gasteiger partial charge on any atom is -0.344 e. The Bertz CT molecular complexity index is 190. The highest BCUT2D eigenvalue weighted by Gasteiger charge is 2.31. The second-order valence-corrected chi connectivity index (χ2v) is 4.27. The number of hydrogen-bond acceptors (Lipinski definition) is 1. The first kappa shape index (κ1) is 9.36. The summed E-state index contributed by atoms with van der Waals surface area (Å²) in [7, 11) is 3.95. The third-order valence-electron chi connectivity index (χ3n) is 2.25. The molecule has 1 heterocycles. The molecule has 1 rings (SSSR count). The first-order chi connectivity index (χ1) is 5.46. The van der Waals surface area contributed by atoms with Gasteiger partial charge in [0.25, 0.3) is 0 Å². The van der Waals surface area contributed by atoms with E-state index < -0.39 is 0 Å². The molecule has 3 heteroatoms. The van der Waals surface area contributed by atoms with Gasteiger partial charge in [-0.2, -0.15) is 0 Å². The molecule has 1 aliphatic heterocycles. The molecular formula is C9H19N3. The van der Waals surface area contributed by atoms with Crippen LogP contribution in [0.3, 0.4) is 0 Å². The zero-order valence-electron chi connectivity index (χ0n) is 8.76. The van der Waals surface area contributed by atoms with Gasteiger partial charge in [0.2, 0.25) is 0 Å². The quantitative estimate of drug-likeness (QED) is 0.539. The number of likely N-dealkylation sites (N-methyl/N-ethyl adjacent to an activating group) is 1. The molecule has 0 aromatic heterocycles. The zero-order chi connectivity index (χ0) is 9.35. The van der Waals surface area contributed by atoms with E-state index in [4.69, 9.17) is 0 Å². The Morgan fingerprint density at radius 3 is 2.17 bits per heavy atom. The standard InChI is InChI=1S/C9H19N3/c1-9(2,3)12-7-6-11(5)8(12)10-4/h6-7H2,1-5H3. The summed E-state index contributed by atoms with van der Waals surface area (Å²) in [4.78, 5) is 8.82. The van der Waals surface area contributed by atoms with Gasteiger partial charge in [0, 0.05) is 32.7 Å². The summed E-state index contributed by atoms with van der Waals surface area (Å²) >= 11 is 0. The molecule has 0 saturated carbocycles. The summed E-state index contributed by atoms with van der Waals surface area (Å²) in [5.41, 5.74) is 0.194. The van der Waals surface area contributed by atoms with Crippen LogP contribution >= 0.6 is 0 Å². The van der Waals surface area contributed by atoms with E-state index in [0.717, 1.165) is 19.0 Å². The van der Waals surface area contributed by atoms with E-state index in [1.54, 1.807) is 0 Å². The number of nitrogens with zero attached hydrogens (tertiary/aromatic N) is 3. The van der Waals surface area contributed by atoms with Gasteiger partial charge in [-0.25, -0.2) is 0 Å². The minimum absolute atomic E-state index is 0.194. The van der Waals surface area contributed by atoms with Crippen LogP contribution in [0.15, 0.2) is 4.99 Å².